The number of hydrogen-bond acceptors (Lipinski definition) is 4. The molecular weight excluding hydrogens is 246 g/mol. The Labute approximate surface area is 112 Å². The summed E-state index contributed by atoms with van der Waals surface area (Å²) in [6, 6.07) is 5.14. The van der Waals surface area contributed by atoms with Crippen LogP contribution >= 0.6 is 0 Å². The van der Waals surface area contributed by atoms with Crippen molar-refractivity contribution in [3.05, 3.63) is 23.8 Å². The number of likely N-dealkylation sites (tertiary alicyclic amines) is 1. The summed E-state index contributed by atoms with van der Waals surface area (Å²) in [7, 11) is 3.06. The summed E-state index contributed by atoms with van der Waals surface area (Å²) in [5.41, 5.74) is 0.474. The lowest BCUT2D eigenvalue weighted by atomic mass is 10.1. The Morgan fingerprint density at radius 1 is 1.42 bits per heavy atom. The topological polar surface area (TPSA) is 59.0 Å². The van der Waals surface area contributed by atoms with Crippen molar-refractivity contribution in [2.75, 3.05) is 27.4 Å². The van der Waals surface area contributed by atoms with Crippen LogP contribution in [0.15, 0.2) is 18.2 Å². The van der Waals surface area contributed by atoms with Gasteiger partial charge >= 0.3 is 0 Å². The van der Waals surface area contributed by atoms with Crippen molar-refractivity contribution in [2.24, 2.45) is 0 Å². The molecule has 19 heavy (non-hydrogen) atoms. The molecular formula is C14H19NO4. The fourth-order valence-corrected chi connectivity index (χ4v) is 2.50. The first-order valence-electron chi connectivity index (χ1n) is 6.35. The minimum absolute atomic E-state index is 0.00196. The highest BCUT2D eigenvalue weighted by Gasteiger charge is 2.30. The number of nitrogens with zero attached hydrogens (tertiary/aromatic N) is 1. The summed E-state index contributed by atoms with van der Waals surface area (Å²) in [4.78, 5) is 14.2. The smallest absolute Gasteiger partial charge is 0.258 e. The summed E-state index contributed by atoms with van der Waals surface area (Å²) in [6.07, 6.45) is 1.76. The standard InChI is InChI=1S/C14H19NO4/c1-18-12-7-3-6-11(13(12)19-2)14(17)15-8-4-5-10(15)9-16/h3,6-7,10,16H,4-5,8-9H2,1-2H3/t10-/m0/s1. The first-order valence-corrected chi connectivity index (χ1v) is 6.35. The molecule has 1 fully saturated rings. The molecule has 1 aromatic rings. The van der Waals surface area contributed by atoms with Gasteiger partial charge in [-0.2, -0.15) is 0 Å². The summed E-state index contributed by atoms with van der Waals surface area (Å²) in [5, 5.41) is 9.31. The number of hydrogen-bond donors (Lipinski definition) is 1. The van der Waals surface area contributed by atoms with Gasteiger partial charge in [0.2, 0.25) is 0 Å². The molecule has 0 spiro atoms. The van der Waals surface area contributed by atoms with E-state index in [1.807, 2.05) is 0 Å². The van der Waals surface area contributed by atoms with Gasteiger partial charge in [-0.1, -0.05) is 6.07 Å². The van der Waals surface area contributed by atoms with Crippen molar-refractivity contribution >= 4 is 5.91 Å². The normalized spacial score (nSPS) is 18.5. The van der Waals surface area contributed by atoms with Crippen LogP contribution in [0.5, 0.6) is 11.5 Å². The van der Waals surface area contributed by atoms with E-state index in [-0.39, 0.29) is 18.6 Å². The van der Waals surface area contributed by atoms with Crippen LogP contribution < -0.4 is 9.47 Å². The molecule has 1 aromatic carbocycles. The van der Waals surface area contributed by atoms with Crippen LogP contribution in [0.3, 0.4) is 0 Å². The number of ether oxygens (including phenoxy) is 2. The zero-order chi connectivity index (χ0) is 13.8. The van der Waals surface area contributed by atoms with Gasteiger partial charge in [0, 0.05) is 6.54 Å². The van der Waals surface area contributed by atoms with Crippen LogP contribution in [-0.2, 0) is 0 Å². The van der Waals surface area contributed by atoms with Gasteiger partial charge in [-0.25, -0.2) is 0 Å². The van der Waals surface area contributed by atoms with Crippen LogP contribution in [-0.4, -0.2) is 49.3 Å². The van der Waals surface area contributed by atoms with E-state index in [9.17, 15) is 9.90 Å². The second-order valence-corrected chi connectivity index (χ2v) is 4.52. The lowest BCUT2D eigenvalue weighted by molar-refractivity contribution is 0.0673. The highest BCUT2D eigenvalue weighted by Crippen LogP contribution is 2.32. The predicted molar refractivity (Wildman–Crippen MR) is 70.7 cm³/mol. The maximum atomic E-state index is 12.5. The number of rotatable bonds is 4. The number of carbonyl (C=O) groups is 1. The molecule has 2 rings (SSSR count). The van der Waals surface area contributed by atoms with Crippen molar-refractivity contribution in [1.82, 2.24) is 4.90 Å². The molecule has 1 aliphatic heterocycles. The number of para-hydroxylation sites is 1. The Morgan fingerprint density at radius 2 is 2.21 bits per heavy atom. The average molecular weight is 265 g/mol. The zero-order valence-corrected chi connectivity index (χ0v) is 11.3. The maximum Gasteiger partial charge on any atom is 0.258 e. The molecule has 1 amide bonds. The van der Waals surface area contributed by atoms with Crippen molar-refractivity contribution in [1.29, 1.82) is 0 Å². The lowest BCUT2D eigenvalue weighted by Crippen LogP contribution is -2.37. The summed E-state index contributed by atoms with van der Waals surface area (Å²) in [5.74, 6) is 0.860. The molecule has 0 radical (unpaired) electrons. The lowest BCUT2D eigenvalue weighted by Gasteiger charge is -2.24. The SMILES string of the molecule is COc1cccc(C(=O)N2CCC[C@H]2CO)c1OC. The Hall–Kier alpha value is -1.75. The average Bonchev–Trinajstić information content (AvgIpc) is 2.93. The molecule has 0 aromatic heterocycles. The third-order valence-corrected chi connectivity index (χ3v) is 3.48. The van der Waals surface area contributed by atoms with E-state index >= 15 is 0 Å². The van der Waals surface area contributed by atoms with Crippen LogP contribution in [0, 0.1) is 0 Å². The molecule has 1 N–H and O–H groups in total. The minimum atomic E-state index is -0.118. The Bertz CT molecular complexity index is 461. The zero-order valence-electron chi connectivity index (χ0n) is 11.3. The van der Waals surface area contributed by atoms with E-state index in [4.69, 9.17) is 9.47 Å². The van der Waals surface area contributed by atoms with Crippen molar-refractivity contribution in [2.45, 2.75) is 18.9 Å². The van der Waals surface area contributed by atoms with Gasteiger partial charge in [0.25, 0.3) is 5.91 Å². The Kier molecular flexibility index (Phi) is 4.27. The summed E-state index contributed by atoms with van der Waals surface area (Å²) in [6.45, 7) is 0.669. The van der Waals surface area contributed by atoms with Crippen LogP contribution in [0.2, 0.25) is 0 Å². The highest BCUT2D eigenvalue weighted by molar-refractivity contribution is 5.98. The molecule has 0 saturated carbocycles. The van der Waals surface area contributed by atoms with Crippen molar-refractivity contribution in [3.63, 3.8) is 0 Å². The van der Waals surface area contributed by atoms with E-state index in [0.29, 0.717) is 23.6 Å². The van der Waals surface area contributed by atoms with E-state index < -0.39 is 0 Å². The van der Waals surface area contributed by atoms with E-state index in [1.165, 1.54) is 7.11 Å². The van der Waals surface area contributed by atoms with Gasteiger partial charge < -0.3 is 19.5 Å². The Morgan fingerprint density at radius 3 is 2.84 bits per heavy atom. The molecule has 1 atom stereocenters. The molecule has 104 valence electrons. The summed E-state index contributed by atoms with van der Waals surface area (Å²) < 4.78 is 10.5. The van der Waals surface area contributed by atoms with E-state index in [0.717, 1.165) is 12.8 Å². The number of aliphatic hydroxyl groups excluding tert-OH is 1. The molecule has 0 aliphatic carbocycles. The molecule has 0 unspecified atom stereocenters. The second kappa shape index (κ2) is 5.93. The van der Waals surface area contributed by atoms with Gasteiger partial charge in [-0.15, -0.1) is 0 Å². The van der Waals surface area contributed by atoms with E-state index in [2.05, 4.69) is 0 Å². The molecule has 1 heterocycles. The first-order chi connectivity index (χ1) is 9.22. The van der Waals surface area contributed by atoms with Crippen molar-refractivity contribution in [3.8, 4) is 11.5 Å². The van der Waals surface area contributed by atoms with Gasteiger partial charge in [-0.3, -0.25) is 4.79 Å². The van der Waals surface area contributed by atoms with Gasteiger partial charge in [0.05, 0.1) is 32.4 Å². The largest absolute Gasteiger partial charge is 0.493 e. The van der Waals surface area contributed by atoms with Crippen LogP contribution in [0.25, 0.3) is 0 Å². The number of amides is 1. The first kappa shape index (κ1) is 13.7. The van der Waals surface area contributed by atoms with Gasteiger partial charge in [0.1, 0.15) is 0 Å². The van der Waals surface area contributed by atoms with Crippen LogP contribution in [0.1, 0.15) is 23.2 Å². The number of benzene rings is 1. The molecule has 5 heteroatoms. The van der Waals surface area contributed by atoms with Crippen LogP contribution in [0.4, 0.5) is 0 Å². The third kappa shape index (κ3) is 2.51. The Balaban J connectivity index is 2.33. The number of methoxy groups -OCH3 is 2. The molecule has 1 aliphatic rings. The number of carbonyl (C=O) groups excluding carboxylic acids is 1. The van der Waals surface area contributed by atoms with Gasteiger partial charge in [0.15, 0.2) is 11.5 Å². The minimum Gasteiger partial charge on any atom is -0.493 e. The number of aliphatic hydroxyl groups is 1. The summed E-state index contributed by atoms with van der Waals surface area (Å²) >= 11 is 0. The fourth-order valence-electron chi connectivity index (χ4n) is 2.50. The molecule has 1 saturated heterocycles. The van der Waals surface area contributed by atoms with E-state index in [1.54, 1.807) is 30.2 Å². The molecule has 5 nitrogen and oxygen atoms in total. The van der Waals surface area contributed by atoms with Gasteiger partial charge in [-0.05, 0) is 25.0 Å². The molecule has 0 bridgehead atoms. The predicted octanol–water partition coefficient (Wildman–Crippen LogP) is 1.30. The third-order valence-electron chi connectivity index (χ3n) is 3.48. The maximum absolute atomic E-state index is 12.5. The highest BCUT2D eigenvalue weighted by atomic mass is 16.5. The fraction of sp³-hybridized carbons (Fsp3) is 0.500. The quantitative estimate of drug-likeness (QED) is 0.891. The monoisotopic (exact) mass is 265 g/mol. The second-order valence-electron chi connectivity index (χ2n) is 4.52. The van der Waals surface area contributed by atoms with Crippen molar-refractivity contribution < 1.29 is 19.4 Å².